The first-order valence-corrected chi connectivity index (χ1v) is 8.85. The highest BCUT2D eigenvalue weighted by molar-refractivity contribution is 5.74. The summed E-state index contributed by atoms with van der Waals surface area (Å²) in [7, 11) is 1.85. The van der Waals surface area contributed by atoms with E-state index in [1.54, 1.807) is 11.1 Å². The molecule has 0 aliphatic heterocycles. The van der Waals surface area contributed by atoms with Gasteiger partial charge in [-0.2, -0.15) is 0 Å². The van der Waals surface area contributed by atoms with Crippen molar-refractivity contribution < 1.29 is 4.79 Å². The molecular formula is C19H27N5O. The summed E-state index contributed by atoms with van der Waals surface area (Å²) >= 11 is 0. The Morgan fingerprint density at radius 3 is 2.88 bits per heavy atom. The Morgan fingerprint density at radius 1 is 1.44 bits per heavy atom. The topological polar surface area (TPSA) is 63.1 Å². The normalized spacial score (nSPS) is 16.3. The molecule has 6 nitrogen and oxygen atoms in total. The zero-order chi connectivity index (χ0) is 17.9. The third-order valence-electron chi connectivity index (χ3n) is 5.11. The molecule has 0 radical (unpaired) electrons. The van der Waals surface area contributed by atoms with E-state index in [-0.39, 0.29) is 17.5 Å². The molecule has 134 valence electrons. The minimum Gasteiger partial charge on any atom is -0.337 e. The number of aromatic nitrogens is 3. The largest absolute Gasteiger partial charge is 0.337 e. The van der Waals surface area contributed by atoms with Crippen LogP contribution in [0.15, 0.2) is 37.1 Å². The molecule has 2 heterocycles. The highest BCUT2D eigenvalue weighted by atomic mass is 16.2. The molecule has 0 spiro atoms. The molecule has 2 aromatic heterocycles. The minimum atomic E-state index is -0.0166. The summed E-state index contributed by atoms with van der Waals surface area (Å²) in [6.07, 6.45) is 10.5. The van der Waals surface area contributed by atoms with Crippen molar-refractivity contribution >= 4 is 6.03 Å². The molecular weight excluding hydrogens is 314 g/mol. The summed E-state index contributed by atoms with van der Waals surface area (Å²) in [5, 5.41) is 3.11. The smallest absolute Gasteiger partial charge is 0.317 e. The lowest BCUT2D eigenvalue weighted by Crippen LogP contribution is -2.45. The number of hydrogen-bond acceptors (Lipinski definition) is 3. The quantitative estimate of drug-likeness (QED) is 0.842. The Labute approximate surface area is 149 Å². The van der Waals surface area contributed by atoms with E-state index in [2.05, 4.69) is 39.8 Å². The number of aryl methyl sites for hydroxylation is 1. The molecule has 6 heteroatoms. The van der Waals surface area contributed by atoms with Gasteiger partial charge in [-0.25, -0.2) is 9.78 Å². The van der Waals surface area contributed by atoms with E-state index in [4.69, 9.17) is 0 Å². The van der Waals surface area contributed by atoms with Crippen molar-refractivity contribution in [2.24, 2.45) is 5.41 Å². The second kappa shape index (κ2) is 7.25. The first-order valence-electron chi connectivity index (χ1n) is 8.85. The van der Waals surface area contributed by atoms with E-state index in [0.29, 0.717) is 6.54 Å². The monoisotopic (exact) mass is 341 g/mol. The van der Waals surface area contributed by atoms with Crippen molar-refractivity contribution in [3.05, 3.63) is 48.3 Å². The number of rotatable bonds is 7. The lowest BCUT2D eigenvalue weighted by Gasteiger charge is -2.26. The molecule has 1 saturated carbocycles. The lowest BCUT2D eigenvalue weighted by atomic mass is 10.1. The summed E-state index contributed by atoms with van der Waals surface area (Å²) in [4.78, 5) is 22.7. The Bertz CT molecular complexity index is 708. The molecule has 1 N–H and O–H groups in total. The molecule has 1 atom stereocenters. The zero-order valence-electron chi connectivity index (χ0n) is 15.3. The number of hydrogen-bond donors (Lipinski definition) is 1. The van der Waals surface area contributed by atoms with Crippen LogP contribution in [0.5, 0.6) is 0 Å². The number of likely N-dealkylation sites (N-methyl/N-ethyl adjacent to an activating group) is 1. The average molecular weight is 341 g/mol. The van der Waals surface area contributed by atoms with Gasteiger partial charge in [0.2, 0.25) is 0 Å². The van der Waals surface area contributed by atoms with Gasteiger partial charge in [-0.3, -0.25) is 4.98 Å². The maximum absolute atomic E-state index is 12.5. The molecule has 25 heavy (non-hydrogen) atoms. The number of amides is 2. The second-order valence-corrected chi connectivity index (χ2v) is 7.38. The number of carbonyl (C=O) groups is 1. The summed E-state index contributed by atoms with van der Waals surface area (Å²) < 4.78 is 2.09. The molecule has 0 aromatic carbocycles. The van der Waals surface area contributed by atoms with Gasteiger partial charge in [0.05, 0.1) is 6.33 Å². The van der Waals surface area contributed by atoms with E-state index in [0.717, 1.165) is 31.5 Å². The molecule has 1 aliphatic rings. The Hall–Kier alpha value is -2.37. The van der Waals surface area contributed by atoms with Crippen LogP contribution in [0, 0.1) is 12.3 Å². The highest BCUT2D eigenvalue weighted by Crippen LogP contribution is 2.46. The van der Waals surface area contributed by atoms with Crippen LogP contribution in [0.2, 0.25) is 0 Å². The van der Waals surface area contributed by atoms with E-state index in [1.807, 2.05) is 31.8 Å². The van der Waals surface area contributed by atoms with Crippen molar-refractivity contribution in [1.82, 2.24) is 24.8 Å². The molecule has 0 unspecified atom stereocenters. The fraction of sp³-hybridized carbons (Fsp3) is 0.526. The first kappa shape index (κ1) is 17.5. The van der Waals surface area contributed by atoms with Gasteiger partial charge >= 0.3 is 6.03 Å². The van der Waals surface area contributed by atoms with Gasteiger partial charge in [-0.1, -0.05) is 0 Å². The number of nitrogens with one attached hydrogen (secondary N) is 1. The molecule has 0 saturated heterocycles. The van der Waals surface area contributed by atoms with Crippen LogP contribution in [0.3, 0.4) is 0 Å². The number of pyridine rings is 1. The summed E-state index contributed by atoms with van der Waals surface area (Å²) in [6, 6.07) is 4.14. The second-order valence-electron chi connectivity index (χ2n) is 7.38. The van der Waals surface area contributed by atoms with Crippen molar-refractivity contribution in [2.45, 2.75) is 45.7 Å². The third kappa shape index (κ3) is 4.59. The average Bonchev–Trinajstić information content (AvgIpc) is 3.15. The minimum absolute atomic E-state index is 0.0166. The predicted molar refractivity (Wildman–Crippen MR) is 97.2 cm³/mol. The molecule has 0 bridgehead atoms. The van der Waals surface area contributed by atoms with Gasteiger partial charge in [0.15, 0.2) is 0 Å². The lowest BCUT2D eigenvalue weighted by molar-refractivity contribution is 0.190. The molecule has 1 aliphatic carbocycles. The maximum atomic E-state index is 12.5. The van der Waals surface area contributed by atoms with E-state index < -0.39 is 0 Å². The Kier molecular flexibility index (Phi) is 5.06. The number of nitrogens with zero attached hydrogens (tertiary/aromatic N) is 4. The van der Waals surface area contributed by atoms with Crippen LogP contribution in [-0.2, 0) is 13.0 Å². The zero-order valence-corrected chi connectivity index (χ0v) is 15.3. The van der Waals surface area contributed by atoms with Gasteiger partial charge in [-0.05, 0) is 44.4 Å². The highest BCUT2D eigenvalue weighted by Gasteiger charge is 2.43. The SMILES string of the molecule is Cc1ccnc(C[C@@H](C)N(C)C(=O)NCC2(Cn3ccnc3)CC2)c1. The Balaban J connectivity index is 1.49. The van der Waals surface area contributed by atoms with E-state index >= 15 is 0 Å². The molecule has 2 aromatic rings. The standard InChI is InChI=1S/C19H27N5O/c1-15-4-7-21-17(10-15)11-16(2)23(3)18(25)22-12-19(5-6-19)13-24-9-8-20-14-24/h4,7-10,14,16H,5-6,11-13H2,1-3H3,(H,22,25)/t16-/m1/s1. The molecule has 3 rings (SSSR count). The van der Waals surface area contributed by atoms with Crippen LogP contribution in [-0.4, -0.2) is 45.1 Å². The van der Waals surface area contributed by atoms with Crippen molar-refractivity contribution in [3.8, 4) is 0 Å². The molecule has 2 amide bonds. The van der Waals surface area contributed by atoms with Crippen LogP contribution < -0.4 is 5.32 Å². The summed E-state index contributed by atoms with van der Waals surface area (Å²) in [5.74, 6) is 0. The number of urea groups is 1. The Morgan fingerprint density at radius 2 is 2.24 bits per heavy atom. The van der Waals surface area contributed by atoms with E-state index in [9.17, 15) is 4.79 Å². The number of carbonyl (C=O) groups excluding carboxylic acids is 1. The van der Waals surface area contributed by atoms with Crippen LogP contribution in [0.25, 0.3) is 0 Å². The van der Waals surface area contributed by atoms with Crippen molar-refractivity contribution in [2.75, 3.05) is 13.6 Å². The fourth-order valence-corrected chi connectivity index (χ4v) is 3.07. The van der Waals surface area contributed by atoms with Crippen LogP contribution in [0.1, 0.15) is 31.0 Å². The predicted octanol–water partition coefficient (Wildman–Crippen LogP) is 2.64. The van der Waals surface area contributed by atoms with Gasteiger partial charge in [0.25, 0.3) is 0 Å². The summed E-state index contributed by atoms with van der Waals surface area (Å²) in [6.45, 7) is 5.74. The van der Waals surface area contributed by atoms with Gasteiger partial charge in [0, 0.05) is 62.3 Å². The third-order valence-corrected chi connectivity index (χ3v) is 5.11. The van der Waals surface area contributed by atoms with Gasteiger partial charge < -0.3 is 14.8 Å². The van der Waals surface area contributed by atoms with Crippen molar-refractivity contribution in [3.63, 3.8) is 0 Å². The van der Waals surface area contributed by atoms with Gasteiger partial charge in [-0.15, -0.1) is 0 Å². The van der Waals surface area contributed by atoms with Crippen LogP contribution in [0.4, 0.5) is 4.79 Å². The number of imidazole rings is 1. The fourth-order valence-electron chi connectivity index (χ4n) is 3.07. The maximum Gasteiger partial charge on any atom is 0.317 e. The summed E-state index contributed by atoms with van der Waals surface area (Å²) in [5.41, 5.74) is 2.41. The first-order chi connectivity index (χ1) is 12.0. The van der Waals surface area contributed by atoms with Crippen molar-refractivity contribution in [1.29, 1.82) is 0 Å². The van der Waals surface area contributed by atoms with E-state index in [1.165, 1.54) is 5.56 Å². The van der Waals surface area contributed by atoms with Crippen LogP contribution >= 0.6 is 0 Å². The van der Waals surface area contributed by atoms with Gasteiger partial charge in [0.1, 0.15) is 0 Å². The molecule has 1 fully saturated rings.